The number of hydrogen-bond donors (Lipinski definition) is 1. The summed E-state index contributed by atoms with van der Waals surface area (Å²) >= 11 is 0. The maximum atomic E-state index is 10.6. The zero-order chi connectivity index (χ0) is 10.1. The third kappa shape index (κ3) is 2.44. The Morgan fingerprint density at radius 2 is 2.23 bits per heavy atom. The van der Waals surface area contributed by atoms with Gasteiger partial charge in [0.05, 0.1) is 6.42 Å². The minimum absolute atomic E-state index is 0.162. The van der Waals surface area contributed by atoms with Gasteiger partial charge in [-0.25, -0.2) is 0 Å². The smallest absolute Gasteiger partial charge is 0.304 e. The molecular weight excluding hydrogens is 166 g/mol. The van der Waals surface area contributed by atoms with Crippen molar-refractivity contribution in [1.29, 1.82) is 0 Å². The van der Waals surface area contributed by atoms with Crippen molar-refractivity contribution in [3.63, 3.8) is 0 Å². The molecule has 0 aromatic carbocycles. The summed E-state index contributed by atoms with van der Waals surface area (Å²) in [5, 5.41) is 8.69. The van der Waals surface area contributed by atoms with Crippen LogP contribution in [-0.2, 0) is 4.79 Å². The van der Waals surface area contributed by atoms with E-state index in [0.29, 0.717) is 0 Å². The van der Waals surface area contributed by atoms with Gasteiger partial charge in [-0.3, -0.25) is 9.69 Å². The fourth-order valence-corrected chi connectivity index (χ4v) is 2.31. The molecule has 0 saturated carbocycles. The molecule has 0 aliphatic carbocycles. The minimum atomic E-state index is -0.699. The molecule has 1 fully saturated rings. The summed E-state index contributed by atoms with van der Waals surface area (Å²) in [5.74, 6) is -0.699. The Morgan fingerprint density at radius 1 is 1.62 bits per heavy atom. The fraction of sp³-hybridized carbons (Fsp3) is 0.900. The van der Waals surface area contributed by atoms with Gasteiger partial charge in [-0.2, -0.15) is 0 Å². The van der Waals surface area contributed by atoms with Crippen molar-refractivity contribution in [2.24, 2.45) is 0 Å². The molecule has 1 heterocycles. The van der Waals surface area contributed by atoms with E-state index in [1.54, 1.807) is 0 Å². The minimum Gasteiger partial charge on any atom is -0.481 e. The van der Waals surface area contributed by atoms with Gasteiger partial charge in [-0.1, -0.05) is 0 Å². The normalized spacial score (nSPS) is 24.5. The van der Waals surface area contributed by atoms with Gasteiger partial charge in [0.15, 0.2) is 0 Å². The van der Waals surface area contributed by atoms with Crippen LogP contribution in [0.3, 0.4) is 0 Å². The predicted molar refractivity (Wildman–Crippen MR) is 51.7 cm³/mol. The lowest BCUT2D eigenvalue weighted by atomic mass is 10.00. The van der Waals surface area contributed by atoms with Crippen LogP contribution in [0, 0.1) is 0 Å². The predicted octanol–water partition coefficient (Wildman–Crippen LogP) is 1.72. The first kappa shape index (κ1) is 10.5. The van der Waals surface area contributed by atoms with Crippen molar-refractivity contribution in [3.05, 3.63) is 0 Å². The van der Waals surface area contributed by atoms with Gasteiger partial charge in [0.2, 0.25) is 0 Å². The highest BCUT2D eigenvalue weighted by Crippen LogP contribution is 2.30. The standard InChI is InChI=1S/C10H19NO2/c1-8(7-9(12)13)11-6-4-5-10(11,2)3/h8H,4-7H2,1-3H3,(H,12,13). The zero-order valence-corrected chi connectivity index (χ0v) is 8.71. The number of nitrogens with zero attached hydrogens (tertiary/aromatic N) is 1. The number of aliphatic carboxylic acids is 1. The zero-order valence-electron chi connectivity index (χ0n) is 8.71. The molecule has 3 nitrogen and oxygen atoms in total. The second kappa shape index (κ2) is 3.66. The Balaban J connectivity index is 2.55. The maximum absolute atomic E-state index is 10.6. The Bertz CT molecular complexity index is 201. The summed E-state index contributed by atoms with van der Waals surface area (Å²) in [6, 6.07) is 0.162. The van der Waals surface area contributed by atoms with Crippen LogP contribution in [0.2, 0.25) is 0 Å². The average molecular weight is 185 g/mol. The quantitative estimate of drug-likeness (QED) is 0.728. The van der Waals surface area contributed by atoms with E-state index in [-0.39, 0.29) is 18.0 Å². The molecule has 0 radical (unpaired) electrons. The van der Waals surface area contributed by atoms with Crippen LogP contribution in [0.15, 0.2) is 0 Å². The van der Waals surface area contributed by atoms with Crippen LogP contribution >= 0.6 is 0 Å². The first-order chi connectivity index (χ1) is 5.93. The molecule has 1 saturated heterocycles. The monoisotopic (exact) mass is 185 g/mol. The summed E-state index contributed by atoms with van der Waals surface area (Å²) in [4.78, 5) is 12.9. The highest BCUT2D eigenvalue weighted by atomic mass is 16.4. The maximum Gasteiger partial charge on any atom is 0.304 e. The van der Waals surface area contributed by atoms with Gasteiger partial charge in [-0.05, 0) is 40.2 Å². The van der Waals surface area contributed by atoms with Gasteiger partial charge in [0.1, 0.15) is 0 Å². The van der Waals surface area contributed by atoms with Gasteiger partial charge in [0.25, 0.3) is 0 Å². The van der Waals surface area contributed by atoms with E-state index in [1.807, 2.05) is 6.92 Å². The number of hydrogen-bond acceptors (Lipinski definition) is 2. The molecule has 0 aromatic rings. The van der Waals surface area contributed by atoms with E-state index < -0.39 is 5.97 Å². The van der Waals surface area contributed by atoms with Crippen LogP contribution in [0.25, 0.3) is 0 Å². The molecule has 3 heteroatoms. The van der Waals surface area contributed by atoms with Crippen LogP contribution in [-0.4, -0.2) is 34.1 Å². The summed E-state index contributed by atoms with van der Waals surface area (Å²) in [6.45, 7) is 7.43. The number of rotatable bonds is 3. The van der Waals surface area contributed by atoms with Crippen LogP contribution in [0.4, 0.5) is 0 Å². The Kier molecular flexibility index (Phi) is 2.96. The molecule has 1 aliphatic rings. The van der Waals surface area contributed by atoms with Gasteiger partial charge < -0.3 is 5.11 Å². The highest BCUT2D eigenvalue weighted by Gasteiger charge is 2.35. The SMILES string of the molecule is CC(CC(=O)O)N1CCCC1(C)C. The lowest BCUT2D eigenvalue weighted by molar-refractivity contribution is -0.138. The van der Waals surface area contributed by atoms with Crippen molar-refractivity contribution in [3.8, 4) is 0 Å². The second-order valence-electron chi connectivity index (χ2n) is 4.56. The van der Waals surface area contributed by atoms with Crippen molar-refractivity contribution >= 4 is 5.97 Å². The van der Waals surface area contributed by atoms with E-state index in [2.05, 4.69) is 18.7 Å². The van der Waals surface area contributed by atoms with E-state index in [0.717, 1.165) is 6.54 Å². The van der Waals surface area contributed by atoms with Gasteiger partial charge >= 0.3 is 5.97 Å². The fourth-order valence-electron chi connectivity index (χ4n) is 2.31. The third-order valence-corrected chi connectivity index (χ3v) is 2.97. The Labute approximate surface area is 79.7 Å². The van der Waals surface area contributed by atoms with Crippen LogP contribution in [0.5, 0.6) is 0 Å². The molecule has 1 unspecified atom stereocenters. The molecule has 76 valence electrons. The summed E-state index contributed by atoms with van der Waals surface area (Å²) in [7, 11) is 0. The topological polar surface area (TPSA) is 40.5 Å². The average Bonchev–Trinajstić information content (AvgIpc) is 2.27. The third-order valence-electron chi connectivity index (χ3n) is 2.97. The number of carbonyl (C=O) groups is 1. The lowest BCUT2D eigenvalue weighted by Crippen LogP contribution is -2.44. The molecule has 1 aliphatic heterocycles. The number of carboxylic acid groups (broad SMARTS) is 1. The van der Waals surface area contributed by atoms with E-state index in [1.165, 1.54) is 12.8 Å². The van der Waals surface area contributed by atoms with Crippen LogP contribution in [0.1, 0.15) is 40.0 Å². The molecule has 0 bridgehead atoms. The Hall–Kier alpha value is -0.570. The summed E-state index contributed by atoms with van der Waals surface area (Å²) < 4.78 is 0. The van der Waals surface area contributed by atoms with Gasteiger partial charge in [-0.15, -0.1) is 0 Å². The van der Waals surface area contributed by atoms with Crippen molar-refractivity contribution < 1.29 is 9.90 Å². The first-order valence-electron chi connectivity index (χ1n) is 4.92. The molecule has 13 heavy (non-hydrogen) atoms. The van der Waals surface area contributed by atoms with E-state index in [9.17, 15) is 4.79 Å². The largest absolute Gasteiger partial charge is 0.481 e. The molecule has 0 aromatic heterocycles. The Morgan fingerprint density at radius 3 is 2.62 bits per heavy atom. The summed E-state index contributed by atoms with van der Waals surface area (Å²) in [6.07, 6.45) is 2.62. The second-order valence-corrected chi connectivity index (χ2v) is 4.56. The number of carboxylic acids is 1. The summed E-state index contributed by atoms with van der Waals surface area (Å²) in [5.41, 5.74) is 0.189. The van der Waals surface area contributed by atoms with E-state index >= 15 is 0 Å². The molecule has 1 N–H and O–H groups in total. The molecule has 0 amide bonds. The molecule has 0 spiro atoms. The van der Waals surface area contributed by atoms with E-state index in [4.69, 9.17) is 5.11 Å². The van der Waals surface area contributed by atoms with Crippen molar-refractivity contribution in [2.45, 2.75) is 51.6 Å². The number of likely N-dealkylation sites (tertiary alicyclic amines) is 1. The van der Waals surface area contributed by atoms with Crippen molar-refractivity contribution in [2.75, 3.05) is 6.54 Å². The first-order valence-corrected chi connectivity index (χ1v) is 4.92. The van der Waals surface area contributed by atoms with Crippen LogP contribution < -0.4 is 0 Å². The lowest BCUT2D eigenvalue weighted by Gasteiger charge is -2.36. The van der Waals surface area contributed by atoms with Crippen molar-refractivity contribution in [1.82, 2.24) is 4.90 Å². The highest BCUT2D eigenvalue weighted by molar-refractivity contribution is 5.67. The van der Waals surface area contributed by atoms with Gasteiger partial charge in [0, 0.05) is 11.6 Å². The molecule has 1 rings (SSSR count). The molecule has 1 atom stereocenters. The molecular formula is C10H19NO2.